The zero-order chi connectivity index (χ0) is 13.7. The second-order valence-electron chi connectivity index (χ2n) is 3.79. The summed E-state index contributed by atoms with van der Waals surface area (Å²) in [5.74, 6) is 2.44. The largest absolute Gasteiger partial charge is 0.359 e. The van der Waals surface area contributed by atoms with Crippen LogP contribution in [0, 0.1) is 12.3 Å². The lowest BCUT2D eigenvalue weighted by Gasteiger charge is -2.18. The van der Waals surface area contributed by atoms with Gasteiger partial charge in [0.05, 0.1) is 6.54 Å². The van der Waals surface area contributed by atoms with E-state index < -0.39 is 0 Å². The first-order valence-corrected chi connectivity index (χ1v) is 6.28. The van der Waals surface area contributed by atoms with Crippen LogP contribution < -0.4 is 0 Å². The van der Waals surface area contributed by atoms with Crippen molar-refractivity contribution in [3.63, 3.8) is 0 Å². The highest BCUT2D eigenvalue weighted by atomic mass is 35.5. The van der Waals surface area contributed by atoms with Gasteiger partial charge in [-0.25, -0.2) is 4.98 Å². The van der Waals surface area contributed by atoms with Gasteiger partial charge in [0, 0.05) is 15.6 Å². The summed E-state index contributed by atoms with van der Waals surface area (Å²) < 4.78 is 7.28. The van der Waals surface area contributed by atoms with E-state index in [9.17, 15) is 0 Å². The van der Waals surface area contributed by atoms with Crippen LogP contribution in [0.1, 0.15) is 11.7 Å². The van der Waals surface area contributed by atoms with Crippen LogP contribution in [0.15, 0.2) is 30.9 Å². The summed E-state index contributed by atoms with van der Waals surface area (Å²) in [6, 6.07) is 5.26. The lowest BCUT2D eigenvalue weighted by Crippen LogP contribution is -2.14. The maximum atomic E-state index is 6.18. The van der Waals surface area contributed by atoms with Gasteiger partial charge in [0.2, 0.25) is 0 Å². The summed E-state index contributed by atoms with van der Waals surface area (Å²) in [5, 5.41) is 5.15. The van der Waals surface area contributed by atoms with Crippen molar-refractivity contribution in [2.45, 2.75) is 12.6 Å². The number of halogens is 2. The van der Waals surface area contributed by atoms with Crippen molar-refractivity contribution in [2.75, 3.05) is 6.61 Å². The first-order valence-electron chi connectivity index (χ1n) is 5.53. The molecule has 0 bridgehead atoms. The highest BCUT2D eigenvalue weighted by molar-refractivity contribution is 6.35. The van der Waals surface area contributed by atoms with E-state index in [-0.39, 0.29) is 12.7 Å². The van der Waals surface area contributed by atoms with Crippen molar-refractivity contribution in [2.24, 2.45) is 0 Å². The molecule has 19 heavy (non-hydrogen) atoms. The van der Waals surface area contributed by atoms with Gasteiger partial charge < -0.3 is 4.74 Å². The van der Waals surface area contributed by atoms with Gasteiger partial charge in [-0.15, -0.1) is 6.42 Å². The average Bonchev–Trinajstić information content (AvgIpc) is 2.88. The fourth-order valence-electron chi connectivity index (χ4n) is 1.65. The second-order valence-corrected chi connectivity index (χ2v) is 4.63. The molecule has 2 aromatic rings. The van der Waals surface area contributed by atoms with E-state index in [0.717, 1.165) is 5.56 Å². The molecule has 0 saturated carbocycles. The maximum Gasteiger partial charge on any atom is 0.137 e. The summed E-state index contributed by atoms with van der Waals surface area (Å²) in [4.78, 5) is 3.89. The Labute approximate surface area is 121 Å². The lowest BCUT2D eigenvalue weighted by molar-refractivity contribution is 0.0613. The van der Waals surface area contributed by atoms with E-state index in [4.69, 9.17) is 34.4 Å². The molecular formula is C13H11Cl2N3O. The van der Waals surface area contributed by atoms with Crippen LogP contribution in [0.25, 0.3) is 0 Å². The van der Waals surface area contributed by atoms with Crippen LogP contribution in [0.4, 0.5) is 0 Å². The molecule has 6 heteroatoms. The molecule has 0 aliphatic rings. The van der Waals surface area contributed by atoms with Crippen molar-refractivity contribution in [3.8, 4) is 12.3 Å². The number of benzene rings is 1. The van der Waals surface area contributed by atoms with Crippen LogP contribution in [0.2, 0.25) is 10.0 Å². The third-order valence-electron chi connectivity index (χ3n) is 2.50. The minimum Gasteiger partial charge on any atom is -0.359 e. The number of terminal acetylenes is 1. The Morgan fingerprint density at radius 3 is 2.89 bits per heavy atom. The Morgan fingerprint density at radius 1 is 1.42 bits per heavy atom. The molecule has 1 heterocycles. The zero-order valence-electron chi connectivity index (χ0n) is 9.96. The van der Waals surface area contributed by atoms with E-state index >= 15 is 0 Å². The highest BCUT2D eigenvalue weighted by Crippen LogP contribution is 2.29. The Balaban J connectivity index is 2.23. The van der Waals surface area contributed by atoms with E-state index in [1.165, 1.54) is 6.33 Å². The third-order valence-corrected chi connectivity index (χ3v) is 3.06. The molecule has 1 unspecified atom stereocenters. The number of hydrogen-bond acceptors (Lipinski definition) is 3. The van der Waals surface area contributed by atoms with E-state index in [0.29, 0.717) is 16.6 Å². The van der Waals surface area contributed by atoms with Crippen LogP contribution >= 0.6 is 23.2 Å². The Kier molecular flexibility index (Phi) is 4.80. The van der Waals surface area contributed by atoms with Gasteiger partial charge in [-0.1, -0.05) is 35.2 Å². The van der Waals surface area contributed by atoms with Gasteiger partial charge in [0.1, 0.15) is 25.4 Å². The lowest BCUT2D eigenvalue weighted by atomic mass is 10.1. The van der Waals surface area contributed by atoms with Gasteiger partial charge in [-0.05, 0) is 12.1 Å². The molecule has 0 fully saturated rings. The summed E-state index contributed by atoms with van der Waals surface area (Å²) in [6.45, 7) is 0.668. The van der Waals surface area contributed by atoms with Gasteiger partial charge >= 0.3 is 0 Å². The number of rotatable bonds is 5. The molecular weight excluding hydrogens is 285 g/mol. The molecule has 0 aliphatic carbocycles. The SMILES string of the molecule is C#CCOC(Cn1cncn1)c1ccc(Cl)cc1Cl. The van der Waals surface area contributed by atoms with Gasteiger partial charge in [0.25, 0.3) is 0 Å². The molecule has 0 N–H and O–H groups in total. The third kappa shape index (κ3) is 3.71. The molecule has 0 spiro atoms. The first kappa shape index (κ1) is 13.9. The molecule has 0 aliphatic heterocycles. The maximum absolute atomic E-state index is 6.18. The molecule has 1 aromatic carbocycles. The van der Waals surface area contributed by atoms with Crippen molar-refractivity contribution in [1.29, 1.82) is 0 Å². The van der Waals surface area contributed by atoms with Crippen LogP contribution in [-0.2, 0) is 11.3 Å². The predicted octanol–water partition coefficient (Wildman–Crippen LogP) is 2.98. The monoisotopic (exact) mass is 295 g/mol. The molecule has 98 valence electrons. The molecule has 0 amide bonds. The summed E-state index contributed by atoms with van der Waals surface area (Å²) >= 11 is 12.1. The number of ether oxygens (including phenoxy) is 1. The van der Waals surface area contributed by atoms with Crippen molar-refractivity contribution < 1.29 is 4.74 Å². The Hall–Kier alpha value is -1.54. The summed E-state index contributed by atoms with van der Waals surface area (Å²) in [6.07, 6.45) is 7.99. The Bertz CT molecular complexity index is 578. The van der Waals surface area contributed by atoms with E-state index in [1.807, 2.05) is 6.07 Å². The van der Waals surface area contributed by atoms with Crippen molar-refractivity contribution in [3.05, 3.63) is 46.5 Å². The van der Waals surface area contributed by atoms with Crippen LogP contribution in [0.5, 0.6) is 0 Å². The summed E-state index contributed by atoms with van der Waals surface area (Å²) in [5.41, 5.74) is 0.816. The van der Waals surface area contributed by atoms with Gasteiger partial charge in [0.15, 0.2) is 0 Å². The highest BCUT2D eigenvalue weighted by Gasteiger charge is 2.16. The molecule has 1 aromatic heterocycles. The zero-order valence-corrected chi connectivity index (χ0v) is 11.5. The van der Waals surface area contributed by atoms with E-state index in [2.05, 4.69) is 16.0 Å². The van der Waals surface area contributed by atoms with Crippen LogP contribution in [0.3, 0.4) is 0 Å². The number of hydrogen-bond donors (Lipinski definition) is 0. The number of aromatic nitrogens is 3. The smallest absolute Gasteiger partial charge is 0.137 e. The standard InChI is InChI=1S/C13H11Cl2N3O/c1-2-5-19-13(7-18-9-16-8-17-18)11-4-3-10(14)6-12(11)15/h1,3-4,6,8-9,13H,5,7H2. The average molecular weight is 296 g/mol. The van der Waals surface area contributed by atoms with E-state index in [1.54, 1.807) is 23.1 Å². The molecule has 2 rings (SSSR count). The molecule has 4 nitrogen and oxygen atoms in total. The fourth-order valence-corrected chi connectivity index (χ4v) is 2.18. The number of nitrogens with zero attached hydrogens (tertiary/aromatic N) is 3. The first-order chi connectivity index (χ1) is 9.20. The predicted molar refractivity (Wildman–Crippen MR) is 74.0 cm³/mol. The van der Waals surface area contributed by atoms with Crippen molar-refractivity contribution >= 4 is 23.2 Å². The molecule has 1 atom stereocenters. The topological polar surface area (TPSA) is 39.9 Å². The quantitative estimate of drug-likeness (QED) is 0.796. The molecule has 0 saturated heterocycles. The van der Waals surface area contributed by atoms with Gasteiger partial charge in [-0.2, -0.15) is 5.10 Å². The van der Waals surface area contributed by atoms with Crippen molar-refractivity contribution in [1.82, 2.24) is 14.8 Å². The Morgan fingerprint density at radius 2 is 2.26 bits per heavy atom. The van der Waals surface area contributed by atoms with Crippen LogP contribution in [-0.4, -0.2) is 21.4 Å². The second kappa shape index (κ2) is 6.58. The minimum atomic E-state index is -0.303. The fraction of sp³-hybridized carbons (Fsp3) is 0.231. The molecule has 0 radical (unpaired) electrons. The van der Waals surface area contributed by atoms with Gasteiger partial charge in [-0.3, -0.25) is 4.68 Å². The normalized spacial score (nSPS) is 12.1. The summed E-state index contributed by atoms with van der Waals surface area (Å²) in [7, 11) is 0. The minimum absolute atomic E-state index is 0.193.